The molecular weight excluding hydrogens is 180 g/mol. The van der Waals surface area contributed by atoms with E-state index < -0.39 is 0 Å². The van der Waals surface area contributed by atoms with Crippen LogP contribution in [0.2, 0.25) is 0 Å². The maximum atomic E-state index is 11.2. The molecule has 1 aromatic heterocycles. The molecule has 0 aliphatic heterocycles. The summed E-state index contributed by atoms with van der Waals surface area (Å²) in [5, 5.41) is 3.03. The van der Waals surface area contributed by atoms with Crippen LogP contribution in [0.25, 0.3) is 0 Å². The Morgan fingerprint density at radius 3 is 2.93 bits per heavy atom. The molecule has 0 spiro atoms. The van der Waals surface area contributed by atoms with Gasteiger partial charge in [-0.1, -0.05) is 0 Å². The van der Waals surface area contributed by atoms with Crippen LogP contribution in [-0.4, -0.2) is 41.4 Å². The van der Waals surface area contributed by atoms with Gasteiger partial charge < -0.3 is 10.2 Å². The molecule has 1 rings (SSSR count). The molecule has 5 heteroatoms. The predicted molar refractivity (Wildman–Crippen MR) is 53.8 cm³/mol. The molecular formula is C9H14N4O. The summed E-state index contributed by atoms with van der Waals surface area (Å²) in [7, 11) is 3.49. The molecule has 0 aliphatic carbocycles. The van der Waals surface area contributed by atoms with Crippen molar-refractivity contribution in [3.8, 4) is 0 Å². The molecule has 0 saturated heterocycles. The van der Waals surface area contributed by atoms with E-state index in [1.165, 1.54) is 6.33 Å². The Morgan fingerprint density at radius 1 is 1.57 bits per heavy atom. The van der Waals surface area contributed by atoms with Gasteiger partial charge in [0.15, 0.2) is 0 Å². The largest absolute Gasteiger partial charge is 0.369 e. The van der Waals surface area contributed by atoms with E-state index >= 15 is 0 Å². The second-order valence-corrected chi connectivity index (χ2v) is 3.06. The van der Waals surface area contributed by atoms with Gasteiger partial charge in [-0.05, 0) is 6.07 Å². The van der Waals surface area contributed by atoms with Gasteiger partial charge in [0.25, 0.3) is 0 Å². The van der Waals surface area contributed by atoms with Crippen molar-refractivity contribution >= 4 is 11.7 Å². The van der Waals surface area contributed by atoms with E-state index in [1.807, 2.05) is 0 Å². The molecule has 1 heterocycles. The predicted octanol–water partition coefficient (Wildman–Crippen LogP) is 0.367. The second-order valence-electron chi connectivity index (χ2n) is 3.06. The van der Waals surface area contributed by atoms with Gasteiger partial charge in [0.05, 0.1) is 0 Å². The molecule has 0 fully saturated rings. The molecule has 0 aliphatic rings. The first-order valence-electron chi connectivity index (χ1n) is 4.40. The zero-order valence-electron chi connectivity index (χ0n) is 8.40. The zero-order chi connectivity index (χ0) is 10.4. The Kier molecular flexibility index (Phi) is 3.84. The number of amides is 1. The van der Waals surface area contributed by atoms with Crippen LogP contribution in [0.1, 0.15) is 6.42 Å². The number of hydrogen-bond acceptors (Lipinski definition) is 4. The van der Waals surface area contributed by atoms with Gasteiger partial charge in [-0.3, -0.25) is 4.79 Å². The summed E-state index contributed by atoms with van der Waals surface area (Å²) in [5.74, 6) is 0.845. The van der Waals surface area contributed by atoms with Crippen LogP contribution in [0.3, 0.4) is 0 Å². The standard InChI is InChI=1S/C9H14N4O/c1-13(2)9(14)4-6-11-8-3-5-10-7-12-8/h3,5,7H,4,6H2,1-2H3,(H,10,11,12). The number of carbonyl (C=O) groups is 1. The molecule has 1 N–H and O–H groups in total. The summed E-state index contributed by atoms with van der Waals surface area (Å²) in [6.45, 7) is 0.591. The topological polar surface area (TPSA) is 58.1 Å². The van der Waals surface area contributed by atoms with Crippen LogP contribution >= 0.6 is 0 Å². The summed E-state index contributed by atoms with van der Waals surface area (Å²) in [5.41, 5.74) is 0. The highest BCUT2D eigenvalue weighted by atomic mass is 16.2. The van der Waals surface area contributed by atoms with E-state index in [4.69, 9.17) is 0 Å². The van der Waals surface area contributed by atoms with E-state index in [2.05, 4.69) is 15.3 Å². The molecule has 1 aromatic rings. The van der Waals surface area contributed by atoms with E-state index in [-0.39, 0.29) is 5.91 Å². The van der Waals surface area contributed by atoms with E-state index in [0.29, 0.717) is 13.0 Å². The Labute approximate surface area is 83.2 Å². The van der Waals surface area contributed by atoms with Gasteiger partial charge in [0, 0.05) is 33.3 Å². The van der Waals surface area contributed by atoms with Crippen molar-refractivity contribution < 1.29 is 4.79 Å². The smallest absolute Gasteiger partial charge is 0.223 e. The molecule has 0 aromatic carbocycles. The summed E-state index contributed by atoms with van der Waals surface area (Å²) in [4.78, 5) is 20.5. The van der Waals surface area contributed by atoms with Crippen LogP contribution in [-0.2, 0) is 4.79 Å². The monoisotopic (exact) mass is 194 g/mol. The highest BCUT2D eigenvalue weighted by Gasteiger charge is 2.02. The second kappa shape index (κ2) is 5.16. The number of nitrogens with one attached hydrogen (secondary N) is 1. The van der Waals surface area contributed by atoms with Gasteiger partial charge in [-0.2, -0.15) is 0 Å². The maximum Gasteiger partial charge on any atom is 0.223 e. The third-order valence-corrected chi connectivity index (χ3v) is 1.73. The molecule has 5 nitrogen and oxygen atoms in total. The van der Waals surface area contributed by atoms with Crippen LogP contribution < -0.4 is 5.32 Å². The van der Waals surface area contributed by atoms with Crippen LogP contribution in [0.15, 0.2) is 18.6 Å². The Hall–Kier alpha value is -1.65. The van der Waals surface area contributed by atoms with Gasteiger partial charge in [0.1, 0.15) is 12.1 Å². The third-order valence-electron chi connectivity index (χ3n) is 1.73. The van der Waals surface area contributed by atoms with Crippen molar-refractivity contribution in [2.75, 3.05) is 26.0 Å². The third kappa shape index (κ3) is 3.38. The van der Waals surface area contributed by atoms with Crippen molar-refractivity contribution in [1.82, 2.24) is 14.9 Å². The molecule has 76 valence electrons. The quantitative estimate of drug-likeness (QED) is 0.752. The number of nitrogens with zero attached hydrogens (tertiary/aromatic N) is 3. The average molecular weight is 194 g/mol. The van der Waals surface area contributed by atoms with Crippen molar-refractivity contribution in [3.63, 3.8) is 0 Å². The fraction of sp³-hybridized carbons (Fsp3) is 0.444. The first kappa shape index (κ1) is 10.4. The normalized spacial score (nSPS) is 9.57. The van der Waals surface area contributed by atoms with E-state index in [9.17, 15) is 4.79 Å². The minimum atomic E-state index is 0.103. The lowest BCUT2D eigenvalue weighted by molar-refractivity contribution is -0.128. The van der Waals surface area contributed by atoms with Gasteiger partial charge >= 0.3 is 0 Å². The lowest BCUT2D eigenvalue weighted by atomic mass is 10.4. The summed E-state index contributed by atoms with van der Waals surface area (Å²) in [6.07, 6.45) is 3.59. The zero-order valence-corrected chi connectivity index (χ0v) is 8.40. The van der Waals surface area contributed by atoms with E-state index in [1.54, 1.807) is 31.3 Å². The van der Waals surface area contributed by atoms with E-state index in [0.717, 1.165) is 5.82 Å². The average Bonchev–Trinajstić information content (AvgIpc) is 2.19. The van der Waals surface area contributed by atoms with Gasteiger partial charge in [-0.25, -0.2) is 9.97 Å². The Bertz CT molecular complexity index is 286. The number of rotatable bonds is 4. The summed E-state index contributed by atoms with van der Waals surface area (Å²) < 4.78 is 0. The molecule has 0 atom stereocenters. The number of anilines is 1. The van der Waals surface area contributed by atoms with Crippen LogP contribution in [0, 0.1) is 0 Å². The first-order valence-corrected chi connectivity index (χ1v) is 4.40. The highest BCUT2D eigenvalue weighted by Crippen LogP contribution is 1.98. The lowest BCUT2D eigenvalue weighted by Gasteiger charge is -2.10. The van der Waals surface area contributed by atoms with Crippen molar-refractivity contribution in [2.45, 2.75) is 6.42 Å². The van der Waals surface area contributed by atoms with Crippen LogP contribution in [0.4, 0.5) is 5.82 Å². The van der Waals surface area contributed by atoms with Crippen molar-refractivity contribution in [2.24, 2.45) is 0 Å². The van der Waals surface area contributed by atoms with Crippen LogP contribution in [0.5, 0.6) is 0 Å². The minimum absolute atomic E-state index is 0.103. The molecule has 0 radical (unpaired) electrons. The van der Waals surface area contributed by atoms with Gasteiger partial charge in [0.2, 0.25) is 5.91 Å². The number of aromatic nitrogens is 2. The Balaban J connectivity index is 2.26. The molecule has 1 amide bonds. The number of hydrogen-bond donors (Lipinski definition) is 1. The summed E-state index contributed by atoms with van der Waals surface area (Å²) >= 11 is 0. The minimum Gasteiger partial charge on any atom is -0.369 e. The molecule has 14 heavy (non-hydrogen) atoms. The fourth-order valence-electron chi connectivity index (χ4n) is 0.916. The highest BCUT2D eigenvalue weighted by molar-refractivity contribution is 5.76. The van der Waals surface area contributed by atoms with Crippen molar-refractivity contribution in [3.05, 3.63) is 18.6 Å². The SMILES string of the molecule is CN(C)C(=O)CCNc1ccncn1. The number of carbonyl (C=O) groups excluding carboxylic acids is 1. The molecule has 0 saturated carbocycles. The first-order chi connectivity index (χ1) is 6.70. The fourth-order valence-corrected chi connectivity index (χ4v) is 0.916. The Morgan fingerprint density at radius 2 is 2.36 bits per heavy atom. The molecule has 0 bridgehead atoms. The lowest BCUT2D eigenvalue weighted by Crippen LogP contribution is -2.24. The van der Waals surface area contributed by atoms with Crippen molar-refractivity contribution in [1.29, 1.82) is 0 Å². The van der Waals surface area contributed by atoms with Gasteiger partial charge in [-0.15, -0.1) is 0 Å². The maximum absolute atomic E-state index is 11.2. The summed E-state index contributed by atoms with van der Waals surface area (Å²) in [6, 6.07) is 1.76. The molecule has 0 unspecified atom stereocenters.